The van der Waals surface area contributed by atoms with E-state index < -0.39 is 5.92 Å². The molecule has 0 spiro atoms. The van der Waals surface area contributed by atoms with Crippen molar-refractivity contribution in [1.82, 2.24) is 10.3 Å². The van der Waals surface area contributed by atoms with E-state index in [1.807, 2.05) is 44.3 Å². The molecule has 2 N–H and O–H groups in total. The average molecular weight is 326 g/mol. The van der Waals surface area contributed by atoms with Crippen LogP contribution in [0.15, 0.2) is 41.9 Å². The van der Waals surface area contributed by atoms with Crippen LogP contribution < -0.4 is 5.32 Å². The summed E-state index contributed by atoms with van der Waals surface area (Å²) >= 11 is 0. The maximum Gasteiger partial charge on any atom is 0.235 e. The van der Waals surface area contributed by atoms with Crippen LogP contribution in [0.3, 0.4) is 0 Å². The first-order valence-electron chi connectivity index (χ1n) is 8.18. The molecule has 2 heterocycles. The number of nitrogens with one attached hydrogen (secondary N) is 2. The molecule has 1 aliphatic heterocycles. The molecule has 1 aromatic carbocycles. The van der Waals surface area contributed by atoms with Gasteiger partial charge >= 0.3 is 0 Å². The van der Waals surface area contributed by atoms with E-state index in [4.69, 9.17) is 4.74 Å². The Bertz CT molecular complexity index is 817. The van der Waals surface area contributed by atoms with Gasteiger partial charge in [-0.3, -0.25) is 9.59 Å². The Morgan fingerprint density at radius 3 is 2.67 bits per heavy atom. The Hall–Kier alpha value is -2.56. The first kappa shape index (κ1) is 16.3. The molecular weight excluding hydrogens is 304 g/mol. The molecule has 0 aliphatic carbocycles. The van der Waals surface area contributed by atoms with Crippen LogP contribution in [0.4, 0.5) is 0 Å². The van der Waals surface area contributed by atoms with E-state index in [1.54, 1.807) is 0 Å². The Morgan fingerprint density at radius 2 is 1.96 bits per heavy atom. The number of Topliss-reactive ketones (excluding diaryl/α,β-unsaturated/α-hetero) is 1. The number of hydrogen-bond acceptors (Lipinski definition) is 3. The van der Waals surface area contributed by atoms with E-state index in [0.717, 1.165) is 16.5 Å². The third-order valence-electron chi connectivity index (χ3n) is 4.36. The van der Waals surface area contributed by atoms with Gasteiger partial charge in [0.2, 0.25) is 11.7 Å². The number of carbonyl (C=O) groups is 2. The molecule has 0 radical (unpaired) electrons. The zero-order valence-electron chi connectivity index (χ0n) is 14.2. The van der Waals surface area contributed by atoms with Gasteiger partial charge in [-0.15, -0.1) is 0 Å². The molecular formula is C19H22N2O3. The lowest BCUT2D eigenvalue weighted by Crippen LogP contribution is -2.43. The van der Waals surface area contributed by atoms with Gasteiger partial charge in [0.05, 0.1) is 12.8 Å². The normalized spacial score (nSPS) is 18.4. The Labute approximate surface area is 141 Å². The molecule has 0 fully saturated rings. The van der Waals surface area contributed by atoms with Gasteiger partial charge in [0.15, 0.2) is 5.76 Å². The lowest BCUT2D eigenvalue weighted by Gasteiger charge is -2.26. The minimum absolute atomic E-state index is 0.218. The topological polar surface area (TPSA) is 71.2 Å². The number of rotatable bonds is 5. The molecule has 1 atom stereocenters. The number of benzene rings is 1. The van der Waals surface area contributed by atoms with Gasteiger partial charge in [-0.2, -0.15) is 0 Å². The summed E-state index contributed by atoms with van der Waals surface area (Å²) in [7, 11) is 1.48. The van der Waals surface area contributed by atoms with Crippen molar-refractivity contribution in [2.75, 3.05) is 7.11 Å². The lowest BCUT2D eigenvalue weighted by molar-refractivity contribution is -0.135. The van der Waals surface area contributed by atoms with Crippen LogP contribution in [0.25, 0.3) is 10.9 Å². The van der Waals surface area contributed by atoms with E-state index in [0.29, 0.717) is 18.5 Å². The fourth-order valence-electron chi connectivity index (χ4n) is 3.22. The number of aromatic amines is 1. The SMILES string of the molecule is COC1=C(Cc2c[nH]c3ccccc23)NC(=O)C(CC(C)C)C1=O. The number of H-pyrrole nitrogens is 1. The van der Waals surface area contributed by atoms with Crippen LogP contribution in [0.2, 0.25) is 0 Å². The predicted molar refractivity (Wildman–Crippen MR) is 92.1 cm³/mol. The third-order valence-corrected chi connectivity index (χ3v) is 4.36. The highest BCUT2D eigenvalue weighted by Crippen LogP contribution is 2.27. The molecule has 24 heavy (non-hydrogen) atoms. The molecule has 1 unspecified atom stereocenters. The summed E-state index contributed by atoms with van der Waals surface area (Å²) in [5.41, 5.74) is 2.58. The monoisotopic (exact) mass is 326 g/mol. The van der Waals surface area contributed by atoms with Crippen molar-refractivity contribution in [2.24, 2.45) is 11.8 Å². The molecule has 0 saturated heterocycles. The van der Waals surface area contributed by atoms with Crippen molar-refractivity contribution in [3.8, 4) is 0 Å². The largest absolute Gasteiger partial charge is 0.491 e. The van der Waals surface area contributed by atoms with Crippen LogP contribution in [0, 0.1) is 11.8 Å². The van der Waals surface area contributed by atoms with Gasteiger partial charge in [0.25, 0.3) is 0 Å². The number of para-hydroxylation sites is 1. The second kappa shape index (κ2) is 6.51. The quantitative estimate of drug-likeness (QED) is 0.830. The Morgan fingerprint density at radius 1 is 1.21 bits per heavy atom. The number of fused-ring (bicyclic) bond motifs is 1. The molecule has 1 aromatic heterocycles. The van der Waals surface area contributed by atoms with E-state index in [-0.39, 0.29) is 23.4 Å². The summed E-state index contributed by atoms with van der Waals surface area (Å²) in [4.78, 5) is 28.2. The number of hydrogen-bond donors (Lipinski definition) is 2. The number of ketones is 1. The minimum Gasteiger partial charge on any atom is -0.491 e. The van der Waals surface area contributed by atoms with Crippen molar-refractivity contribution in [2.45, 2.75) is 26.7 Å². The highest BCUT2D eigenvalue weighted by Gasteiger charge is 2.37. The van der Waals surface area contributed by atoms with Crippen molar-refractivity contribution in [1.29, 1.82) is 0 Å². The lowest BCUT2D eigenvalue weighted by atomic mass is 9.88. The molecule has 3 rings (SSSR count). The standard InChI is InChI=1S/C19H22N2O3/c1-11(2)8-14-17(22)18(24-3)16(21-19(14)23)9-12-10-20-15-7-5-4-6-13(12)15/h4-7,10-11,14,20H,8-9H2,1-3H3,(H,21,23). The highest BCUT2D eigenvalue weighted by molar-refractivity contribution is 6.12. The van der Waals surface area contributed by atoms with Crippen molar-refractivity contribution < 1.29 is 14.3 Å². The predicted octanol–water partition coefficient (Wildman–Crippen LogP) is 2.93. The molecule has 2 aromatic rings. The maximum atomic E-state index is 12.7. The number of ether oxygens (including phenoxy) is 1. The third kappa shape index (κ3) is 2.94. The number of amides is 1. The first-order chi connectivity index (χ1) is 11.5. The highest BCUT2D eigenvalue weighted by atomic mass is 16.5. The molecule has 5 nitrogen and oxygen atoms in total. The van der Waals surface area contributed by atoms with Crippen LogP contribution in [0.5, 0.6) is 0 Å². The second-order valence-electron chi connectivity index (χ2n) is 6.58. The van der Waals surface area contributed by atoms with Crippen LogP contribution in [0.1, 0.15) is 25.8 Å². The summed E-state index contributed by atoms with van der Waals surface area (Å²) in [6.45, 7) is 4.00. The Balaban J connectivity index is 1.94. The van der Waals surface area contributed by atoms with E-state index in [1.165, 1.54) is 7.11 Å². The fourth-order valence-corrected chi connectivity index (χ4v) is 3.22. The molecule has 0 bridgehead atoms. The zero-order chi connectivity index (χ0) is 17.3. The van der Waals surface area contributed by atoms with E-state index in [2.05, 4.69) is 10.3 Å². The zero-order valence-corrected chi connectivity index (χ0v) is 14.2. The van der Waals surface area contributed by atoms with Gasteiger partial charge in [0, 0.05) is 23.5 Å². The van der Waals surface area contributed by atoms with Gasteiger partial charge in [-0.05, 0) is 24.0 Å². The fraction of sp³-hybridized carbons (Fsp3) is 0.368. The van der Waals surface area contributed by atoms with Gasteiger partial charge < -0.3 is 15.0 Å². The molecule has 126 valence electrons. The number of carbonyl (C=O) groups excluding carboxylic acids is 2. The average Bonchev–Trinajstić information content (AvgIpc) is 2.95. The maximum absolute atomic E-state index is 12.7. The summed E-state index contributed by atoms with van der Waals surface area (Å²) in [6.07, 6.45) is 2.87. The van der Waals surface area contributed by atoms with Crippen LogP contribution in [-0.2, 0) is 20.7 Å². The van der Waals surface area contributed by atoms with E-state index in [9.17, 15) is 9.59 Å². The van der Waals surface area contributed by atoms with Crippen molar-refractivity contribution >= 4 is 22.6 Å². The first-order valence-corrected chi connectivity index (χ1v) is 8.18. The van der Waals surface area contributed by atoms with E-state index >= 15 is 0 Å². The number of aromatic nitrogens is 1. The molecule has 5 heteroatoms. The van der Waals surface area contributed by atoms with Crippen molar-refractivity contribution in [3.05, 3.63) is 47.5 Å². The van der Waals surface area contributed by atoms with Gasteiger partial charge in [-0.25, -0.2) is 0 Å². The summed E-state index contributed by atoms with van der Waals surface area (Å²) in [5.74, 6) is -0.579. The van der Waals surface area contributed by atoms with Crippen LogP contribution in [-0.4, -0.2) is 23.8 Å². The van der Waals surface area contributed by atoms with Crippen LogP contribution >= 0.6 is 0 Å². The second-order valence-corrected chi connectivity index (χ2v) is 6.58. The minimum atomic E-state index is -0.660. The van der Waals surface area contributed by atoms with Gasteiger partial charge in [-0.1, -0.05) is 32.0 Å². The molecule has 1 aliphatic rings. The van der Waals surface area contributed by atoms with Gasteiger partial charge in [0.1, 0.15) is 5.92 Å². The summed E-state index contributed by atoms with van der Waals surface area (Å²) in [5, 5.41) is 3.96. The summed E-state index contributed by atoms with van der Waals surface area (Å²) in [6, 6.07) is 7.94. The number of allylic oxidation sites excluding steroid dienone is 2. The summed E-state index contributed by atoms with van der Waals surface area (Å²) < 4.78 is 5.34. The Kier molecular flexibility index (Phi) is 4.42. The smallest absolute Gasteiger partial charge is 0.235 e. The number of methoxy groups -OCH3 is 1. The van der Waals surface area contributed by atoms with Crippen molar-refractivity contribution in [3.63, 3.8) is 0 Å². The molecule has 1 amide bonds. The molecule has 0 saturated carbocycles.